The summed E-state index contributed by atoms with van der Waals surface area (Å²) in [7, 11) is 0. The van der Waals surface area contributed by atoms with Crippen molar-refractivity contribution in [1.82, 2.24) is 0 Å². The van der Waals surface area contributed by atoms with Crippen molar-refractivity contribution in [1.29, 1.82) is 0 Å². The van der Waals surface area contributed by atoms with Crippen LogP contribution in [-0.4, -0.2) is 9.85 Å². The molecule has 5 rings (SSSR count). The Morgan fingerprint density at radius 2 is 0.806 bits per heavy atom. The van der Waals surface area contributed by atoms with Gasteiger partial charge in [0.2, 0.25) is 0 Å². The largest absolute Gasteiger partial charge is 0.269 e. The number of nitro benzene ring substituents is 2. The Morgan fingerprint density at radius 3 is 1.08 bits per heavy atom. The first kappa shape index (κ1) is 23.3. The summed E-state index contributed by atoms with van der Waals surface area (Å²) in [6.45, 7) is 0. The van der Waals surface area contributed by atoms with E-state index in [1.165, 1.54) is 24.3 Å². The van der Waals surface area contributed by atoms with E-state index in [2.05, 4.69) is 0 Å². The average Bonchev–Trinajstić information content (AvgIpc) is 2.94. The van der Waals surface area contributed by atoms with Crippen molar-refractivity contribution in [3.63, 3.8) is 0 Å². The molecule has 1 saturated heterocycles. The molecule has 1 aliphatic heterocycles. The summed E-state index contributed by atoms with van der Waals surface area (Å²) in [5.41, 5.74) is 1.12. The van der Waals surface area contributed by atoms with Crippen molar-refractivity contribution >= 4 is 11.4 Å². The maximum atomic E-state index is 11.2. The predicted octanol–water partition coefficient (Wildman–Crippen LogP) is 6.43. The molecule has 0 amide bonds. The minimum atomic E-state index is -1.00. The highest BCUT2D eigenvalue weighted by Gasteiger charge is 2.49. The van der Waals surface area contributed by atoms with E-state index >= 15 is 0 Å². The van der Waals surface area contributed by atoms with Gasteiger partial charge in [-0.3, -0.25) is 20.2 Å². The molecular formula is C28H22N2O6. The monoisotopic (exact) mass is 482 g/mol. The van der Waals surface area contributed by atoms with Crippen molar-refractivity contribution in [2.45, 2.75) is 24.0 Å². The van der Waals surface area contributed by atoms with E-state index in [0.29, 0.717) is 12.8 Å². The molecule has 0 aromatic heterocycles. The minimum absolute atomic E-state index is 0.0109. The SMILES string of the molecule is O=[N+]([O-])c1ccc(C2(c3ccccc3)CCC(c3ccccc3)(c3ccc([N+](=O)[O-])cc3)OO2)cc1. The van der Waals surface area contributed by atoms with Crippen LogP contribution in [0, 0.1) is 20.2 Å². The standard InChI is InChI=1S/C28H22N2O6/c31-29(32)25-15-11-23(12-16-25)27(21-7-3-1-4-8-21)19-20-28(36-35-27,22-9-5-2-6-10-22)24-13-17-26(18-14-24)30(33)34/h1-18H,19-20H2. The Kier molecular flexibility index (Phi) is 6.05. The van der Waals surface area contributed by atoms with Crippen LogP contribution in [0.15, 0.2) is 109 Å². The summed E-state index contributed by atoms with van der Waals surface area (Å²) >= 11 is 0. The molecule has 0 radical (unpaired) electrons. The third-order valence-electron chi connectivity index (χ3n) is 6.72. The fourth-order valence-corrected chi connectivity index (χ4v) is 4.80. The third-order valence-corrected chi connectivity index (χ3v) is 6.72. The molecule has 0 aliphatic carbocycles. The van der Waals surface area contributed by atoms with Gasteiger partial charge in [0.25, 0.3) is 11.4 Å². The van der Waals surface area contributed by atoms with E-state index in [-0.39, 0.29) is 11.4 Å². The fourth-order valence-electron chi connectivity index (χ4n) is 4.80. The molecule has 2 atom stereocenters. The first-order valence-electron chi connectivity index (χ1n) is 11.4. The molecule has 0 spiro atoms. The molecule has 36 heavy (non-hydrogen) atoms. The predicted molar refractivity (Wildman–Crippen MR) is 132 cm³/mol. The van der Waals surface area contributed by atoms with Crippen molar-refractivity contribution < 1.29 is 19.6 Å². The van der Waals surface area contributed by atoms with Gasteiger partial charge in [-0.25, -0.2) is 9.78 Å². The molecule has 1 heterocycles. The fraction of sp³-hybridized carbons (Fsp3) is 0.143. The van der Waals surface area contributed by atoms with Crippen LogP contribution >= 0.6 is 0 Å². The van der Waals surface area contributed by atoms with E-state index in [9.17, 15) is 20.2 Å². The molecule has 0 N–H and O–H groups in total. The van der Waals surface area contributed by atoms with E-state index in [1.54, 1.807) is 24.3 Å². The lowest BCUT2D eigenvalue weighted by Crippen LogP contribution is -2.45. The molecule has 1 aliphatic rings. The van der Waals surface area contributed by atoms with Crippen LogP contribution in [0.4, 0.5) is 11.4 Å². The number of benzene rings is 4. The number of rotatable bonds is 6. The quantitative estimate of drug-likeness (QED) is 0.178. The summed E-state index contributed by atoms with van der Waals surface area (Å²) in [4.78, 5) is 34.2. The Hall–Kier alpha value is -4.40. The van der Waals surface area contributed by atoms with E-state index in [4.69, 9.17) is 9.78 Å². The van der Waals surface area contributed by atoms with Crippen LogP contribution in [-0.2, 0) is 21.0 Å². The van der Waals surface area contributed by atoms with Gasteiger partial charge in [0.05, 0.1) is 9.85 Å². The Labute approximate surface area is 207 Å². The average molecular weight is 482 g/mol. The summed E-state index contributed by atoms with van der Waals surface area (Å²) in [6.07, 6.45) is 0.974. The lowest BCUT2D eigenvalue weighted by molar-refractivity contribution is -0.432. The number of hydrogen-bond acceptors (Lipinski definition) is 6. The highest BCUT2D eigenvalue weighted by Crippen LogP contribution is 2.51. The van der Waals surface area contributed by atoms with E-state index < -0.39 is 21.0 Å². The Bertz CT molecular complexity index is 1260. The van der Waals surface area contributed by atoms with Gasteiger partial charge in [-0.15, -0.1) is 0 Å². The summed E-state index contributed by atoms with van der Waals surface area (Å²) < 4.78 is 0. The molecule has 4 aromatic carbocycles. The van der Waals surface area contributed by atoms with E-state index in [1.807, 2.05) is 60.7 Å². The molecule has 4 aromatic rings. The maximum absolute atomic E-state index is 11.2. The molecule has 8 heteroatoms. The third kappa shape index (κ3) is 4.02. The van der Waals surface area contributed by atoms with Crippen molar-refractivity contribution in [3.8, 4) is 0 Å². The van der Waals surface area contributed by atoms with Crippen LogP contribution < -0.4 is 0 Å². The van der Waals surface area contributed by atoms with Crippen LogP contribution in [0.3, 0.4) is 0 Å². The maximum Gasteiger partial charge on any atom is 0.269 e. The molecule has 2 unspecified atom stereocenters. The topological polar surface area (TPSA) is 105 Å². The molecule has 180 valence electrons. The van der Waals surface area contributed by atoms with Crippen LogP contribution in [0.2, 0.25) is 0 Å². The molecule has 0 bridgehead atoms. The van der Waals surface area contributed by atoms with Gasteiger partial charge in [0.15, 0.2) is 11.2 Å². The van der Waals surface area contributed by atoms with Gasteiger partial charge >= 0.3 is 0 Å². The van der Waals surface area contributed by atoms with E-state index in [0.717, 1.165) is 22.3 Å². The van der Waals surface area contributed by atoms with Crippen molar-refractivity contribution in [3.05, 3.63) is 152 Å². The molecule has 0 saturated carbocycles. The van der Waals surface area contributed by atoms with Crippen LogP contribution in [0.1, 0.15) is 35.1 Å². The highest BCUT2D eigenvalue weighted by molar-refractivity contribution is 5.45. The number of nitro groups is 2. The zero-order chi connectivity index (χ0) is 25.2. The second kappa shape index (κ2) is 9.33. The zero-order valence-corrected chi connectivity index (χ0v) is 19.2. The summed E-state index contributed by atoms with van der Waals surface area (Å²) in [5, 5.41) is 22.4. The van der Waals surface area contributed by atoms with Gasteiger partial charge in [-0.2, -0.15) is 0 Å². The smallest absolute Gasteiger partial charge is 0.258 e. The summed E-state index contributed by atoms with van der Waals surface area (Å²) in [5.74, 6) is 0. The van der Waals surface area contributed by atoms with Crippen LogP contribution in [0.25, 0.3) is 0 Å². The van der Waals surface area contributed by atoms with Crippen molar-refractivity contribution in [2.75, 3.05) is 0 Å². The Morgan fingerprint density at radius 1 is 0.500 bits per heavy atom. The van der Waals surface area contributed by atoms with Gasteiger partial charge in [-0.05, 0) is 59.4 Å². The number of non-ortho nitro benzene ring substituents is 2. The lowest BCUT2D eigenvalue weighted by atomic mass is 9.74. The second-order valence-electron chi connectivity index (χ2n) is 8.66. The van der Waals surface area contributed by atoms with Gasteiger partial charge in [0.1, 0.15) is 0 Å². The molecular weight excluding hydrogens is 460 g/mol. The van der Waals surface area contributed by atoms with Gasteiger partial charge in [-0.1, -0.05) is 60.7 Å². The first-order chi connectivity index (χ1) is 17.4. The number of nitrogens with zero attached hydrogens (tertiary/aromatic N) is 2. The van der Waals surface area contributed by atoms with Crippen LogP contribution in [0.5, 0.6) is 0 Å². The molecule has 1 fully saturated rings. The number of hydrogen-bond donors (Lipinski definition) is 0. The zero-order valence-electron chi connectivity index (χ0n) is 19.2. The normalized spacial score (nSPS) is 21.6. The Balaban J connectivity index is 1.59. The van der Waals surface area contributed by atoms with Gasteiger partial charge in [0, 0.05) is 24.3 Å². The minimum Gasteiger partial charge on any atom is -0.258 e. The van der Waals surface area contributed by atoms with Gasteiger partial charge < -0.3 is 0 Å². The first-order valence-corrected chi connectivity index (χ1v) is 11.4. The second-order valence-corrected chi connectivity index (χ2v) is 8.66. The summed E-state index contributed by atoms with van der Waals surface area (Å²) in [6, 6.07) is 31.8. The molecule has 8 nitrogen and oxygen atoms in total. The highest BCUT2D eigenvalue weighted by atomic mass is 17.2. The van der Waals surface area contributed by atoms with Crippen molar-refractivity contribution in [2.24, 2.45) is 0 Å². The lowest BCUT2D eigenvalue weighted by Gasteiger charge is -2.46.